The van der Waals surface area contributed by atoms with Crippen LogP contribution < -0.4 is 5.32 Å². The number of ketones is 1. The number of nitrogens with zero attached hydrogens (tertiary/aromatic N) is 2. The Hall–Kier alpha value is -3.44. The molecule has 2 N–H and O–H groups in total. The van der Waals surface area contributed by atoms with Crippen molar-refractivity contribution in [3.05, 3.63) is 80.1 Å². The highest BCUT2D eigenvalue weighted by atomic mass is 35.5. The molecule has 3 aliphatic heterocycles. The van der Waals surface area contributed by atoms with Crippen molar-refractivity contribution in [1.29, 1.82) is 0 Å². The number of carbonyl (C=O) groups excluding carboxylic acids is 3. The van der Waals surface area contributed by atoms with Gasteiger partial charge in [-0.05, 0) is 81.7 Å². The zero-order chi connectivity index (χ0) is 31.3. The molecule has 0 spiro atoms. The van der Waals surface area contributed by atoms with Crippen LogP contribution in [0.1, 0.15) is 57.7 Å². The second kappa shape index (κ2) is 11.8. The molecular formula is C32H32Cl2N4O5S. The lowest BCUT2D eigenvalue weighted by Crippen LogP contribution is -2.45. The number of aromatic nitrogens is 1. The second-order valence-corrected chi connectivity index (χ2v) is 14.4. The minimum absolute atomic E-state index is 0.0210. The number of nitrogens with one attached hydrogen (secondary N) is 2. The Balaban J connectivity index is 1.30. The predicted octanol–water partition coefficient (Wildman–Crippen LogP) is 5.28. The fourth-order valence-electron chi connectivity index (χ4n) is 6.35. The van der Waals surface area contributed by atoms with Gasteiger partial charge in [-0.25, -0.2) is 8.42 Å². The number of halogens is 2. The molecule has 12 heteroatoms. The summed E-state index contributed by atoms with van der Waals surface area (Å²) in [6.45, 7) is 6.40. The van der Waals surface area contributed by atoms with Crippen molar-refractivity contribution >= 4 is 68.0 Å². The summed E-state index contributed by atoms with van der Waals surface area (Å²) in [6.07, 6.45) is 4.18. The highest BCUT2D eigenvalue weighted by Crippen LogP contribution is 2.37. The van der Waals surface area contributed by atoms with Gasteiger partial charge < -0.3 is 20.1 Å². The number of H-pyrrole nitrogens is 1. The first-order valence-corrected chi connectivity index (χ1v) is 16.9. The van der Waals surface area contributed by atoms with Crippen molar-refractivity contribution in [3.8, 4) is 0 Å². The molecule has 3 aromatic rings. The number of hydrogen-bond acceptors (Lipinski definition) is 6. The highest BCUT2D eigenvalue weighted by Gasteiger charge is 2.39. The minimum atomic E-state index is -3.87. The topological polar surface area (TPSA) is 120 Å². The molecule has 230 valence electrons. The van der Waals surface area contributed by atoms with E-state index in [9.17, 15) is 22.8 Å². The molecule has 6 rings (SSSR count). The van der Waals surface area contributed by atoms with Crippen LogP contribution in [0.4, 0.5) is 5.69 Å². The summed E-state index contributed by atoms with van der Waals surface area (Å²) >= 11 is 12.5. The number of amides is 2. The molecule has 0 aliphatic carbocycles. The van der Waals surface area contributed by atoms with Crippen LogP contribution in [0.2, 0.25) is 10.0 Å². The van der Waals surface area contributed by atoms with E-state index >= 15 is 0 Å². The Kier molecular flexibility index (Phi) is 8.21. The van der Waals surface area contributed by atoms with Crippen molar-refractivity contribution < 1.29 is 22.8 Å². The van der Waals surface area contributed by atoms with E-state index in [0.717, 1.165) is 25.9 Å². The fourth-order valence-corrected chi connectivity index (χ4v) is 8.47. The number of anilines is 1. The number of likely N-dealkylation sites (tertiary alicyclic amines) is 2. The fraction of sp³-hybridized carbons (Fsp3) is 0.344. The molecule has 2 saturated heterocycles. The van der Waals surface area contributed by atoms with E-state index in [2.05, 4.69) is 15.2 Å². The first-order valence-electron chi connectivity index (χ1n) is 14.5. The SMILES string of the molecule is Cc1[nH]c(/C=C2\C(=O)Nc3ccc(S(=O)(=O)Cc4c(Cl)cccc4Cl)cc32)c(C)c1C(=O)N1CCC(=O)[C@H]1CN1CCCC1. The van der Waals surface area contributed by atoms with Crippen molar-refractivity contribution in [2.45, 2.75) is 49.8 Å². The molecule has 1 aromatic heterocycles. The molecular weight excluding hydrogens is 623 g/mol. The standard InChI is InChI=1S/C32H32Cl2N4O5S/c1-18-27(35-19(2)30(18)32(41)38-13-10-29(39)28(38)16-37-11-3-4-12-37)15-22-21-14-20(8-9-26(21)36-31(22)40)44(42,43)17-23-24(33)6-5-7-25(23)34/h5-9,14-15,28,35H,3-4,10-13,16-17H2,1-2H3,(H,36,40)/b22-15-/t28-/m1/s1. The molecule has 2 aromatic carbocycles. The predicted molar refractivity (Wildman–Crippen MR) is 171 cm³/mol. The third kappa shape index (κ3) is 5.60. The highest BCUT2D eigenvalue weighted by molar-refractivity contribution is 7.90. The number of carbonyl (C=O) groups is 3. The monoisotopic (exact) mass is 654 g/mol. The Morgan fingerprint density at radius 1 is 1.05 bits per heavy atom. The molecule has 0 bridgehead atoms. The number of aryl methyl sites for hydroxylation is 1. The zero-order valence-corrected chi connectivity index (χ0v) is 26.7. The van der Waals surface area contributed by atoms with Gasteiger partial charge >= 0.3 is 0 Å². The number of fused-ring (bicyclic) bond motifs is 1. The molecule has 2 fully saturated rings. The third-order valence-corrected chi connectivity index (χ3v) is 11.1. The van der Waals surface area contributed by atoms with E-state index in [1.54, 1.807) is 49.1 Å². The minimum Gasteiger partial charge on any atom is -0.358 e. The van der Waals surface area contributed by atoms with E-state index in [1.807, 2.05) is 0 Å². The van der Waals surface area contributed by atoms with Crippen molar-refractivity contribution in [1.82, 2.24) is 14.8 Å². The van der Waals surface area contributed by atoms with Crippen LogP contribution in [0, 0.1) is 13.8 Å². The number of Topliss-reactive ketones (excluding diaryl/α,β-unsaturated/α-hetero) is 1. The smallest absolute Gasteiger partial charge is 0.256 e. The summed E-state index contributed by atoms with van der Waals surface area (Å²) in [5.74, 6) is -0.916. The van der Waals surface area contributed by atoms with Crippen LogP contribution in [0.3, 0.4) is 0 Å². The van der Waals surface area contributed by atoms with Crippen LogP contribution in [0.5, 0.6) is 0 Å². The van der Waals surface area contributed by atoms with Gasteiger partial charge in [0.25, 0.3) is 11.8 Å². The summed E-state index contributed by atoms with van der Waals surface area (Å²) in [5.41, 5.74) is 3.79. The summed E-state index contributed by atoms with van der Waals surface area (Å²) in [4.78, 5) is 46.9. The Labute approximate surface area is 266 Å². The van der Waals surface area contributed by atoms with E-state index < -0.39 is 21.6 Å². The molecule has 4 heterocycles. The lowest BCUT2D eigenvalue weighted by molar-refractivity contribution is -0.120. The average Bonchev–Trinajstić information content (AvgIpc) is 3.75. The number of benzene rings is 2. The number of sulfone groups is 1. The van der Waals surface area contributed by atoms with Crippen LogP contribution >= 0.6 is 23.2 Å². The van der Waals surface area contributed by atoms with E-state index in [-0.39, 0.29) is 38.1 Å². The second-order valence-electron chi connectivity index (χ2n) is 11.6. The van der Waals surface area contributed by atoms with Crippen molar-refractivity contribution in [2.24, 2.45) is 0 Å². The largest absolute Gasteiger partial charge is 0.358 e. The van der Waals surface area contributed by atoms with Crippen molar-refractivity contribution in [2.75, 3.05) is 31.5 Å². The van der Waals surface area contributed by atoms with Crippen LogP contribution in [-0.2, 0) is 25.2 Å². The van der Waals surface area contributed by atoms with Gasteiger partial charge in [-0.3, -0.25) is 14.4 Å². The molecule has 0 radical (unpaired) electrons. The maximum Gasteiger partial charge on any atom is 0.256 e. The van der Waals surface area contributed by atoms with Gasteiger partial charge in [0.2, 0.25) is 0 Å². The maximum atomic E-state index is 13.8. The molecule has 0 saturated carbocycles. The van der Waals surface area contributed by atoms with Gasteiger partial charge in [0.15, 0.2) is 15.6 Å². The van der Waals surface area contributed by atoms with E-state index in [1.165, 1.54) is 12.1 Å². The number of rotatable bonds is 7. The Bertz CT molecular complexity index is 1820. The van der Waals surface area contributed by atoms with Gasteiger partial charge in [-0.15, -0.1) is 0 Å². The summed E-state index contributed by atoms with van der Waals surface area (Å²) < 4.78 is 26.8. The van der Waals surface area contributed by atoms with Gasteiger partial charge in [-0.2, -0.15) is 0 Å². The maximum absolute atomic E-state index is 13.8. The molecule has 2 amide bonds. The third-order valence-electron chi connectivity index (χ3n) is 8.75. The number of hydrogen-bond donors (Lipinski definition) is 2. The lowest BCUT2D eigenvalue weighted by atomic mass is 10.0. The average molecular weight is 656 g/mol. The quantitative estimate of drug-likeness (QED) is 0.334. The van der Waals surface area contributed by atoms with Gasteiger partial charge in [0.05, 0.1) is 21.8 Å². The summed E-state index contributed by atoms with van der Waals surface area (Å²) in [7, 11) is -3.87. The zero-order valence-electron chi connectivity index (χ0n) is 24.4. The van der Waals surface area contributed by atoms with E-state index in [4.69, 9.17) is 23.2 Å². The number of aromatic amines is 1. The first-order chi connectivity index (χ1) is 20.9. The van der Waals surface area contributed by atoms with Crippen LogP contribution in [0.15, 0.2) is 41.3 Å². The lowest BCUT2D eigenvalue weighted by Gasteiger charge is -2.27. The first kappa shape index (κ1) is 30.6. The van der Waals surface area contributed by atoms with Crippen LogP contribution in [0.25, 0.3) is 11.6 Å². The molecule has 44 heavy (non-hydrogen) atoms. The van der Waals surface area contributed by atoms with Gasteiger partial charge in [0.1, 0.15) is 6.04 Å². The summed E-state index contributed by atoms with van der Waals surface area (Å²) in [5, 5.41) is 3.30. The Morgan fingerprint density at radius 3 is 2.45 bits per heavy atom. The van der Waals surface area contributed by atoms with E-state index in [0.29, 0.717) is 58.8 Å². The normalized spacial score (nSPS) is 19.7. The molecule has 0 unspecified atom stereocenters. The van der Waals surface area contributed by atoms with Crippen LogP contribution in [-0.4, -0.2) is 73.0 Å². The van der Waals surface area contributed by atoms with Gasteiger partial charge in [0, 0.05) is 57.8 Å². The Morgan fingerprint density at radius 2 is 1.75 bits per heavy atom. The van der Waals surface area contributed by atoms with Crippen molar-refractivity contribution in [3.63, 3.8) is 0 Å². The molecule has 1 atom stereocenters. The molecule has 9 nitrogen and oxygen atoms in total. The summed E-state index contributed by atoms with van der Waals surface area (Å²) in [6, 6.07) is 8.81. The molecule has 3 aliphatic rings. The van der Waals surface area contributed by atoms with Gasteiger partial charge in [-0.1, -0.05) is 29.3 Å².